The highest BCUT2D eigenvalue weighted by molar-refractivity contribution is 7.68. The SMILES string of the molecule is C(=Nc1ccc(N=P(C2CCCCC2)(C2CCCCC2)C2CCCCC2)cc1)C1CCCCC1.CC1CCCCC1.CC1CCCCC1. The van der Waals surface area contributed by atoms with E-state index in [0.29, 0.717) is 5.92 Å². The molecule has 0 amide bonds. The molecule has 0 N–H and O–H groups in total. The van der Waals surface area contributed by atoms with Gasteiger partial charge >= 0.3 is 0 Å². The fourth-order valence-corrected chi connectivity index (χ4v) is 16.9. The summed E-state index contributed by atoms with van der Waals surface area (Å²) in [5, 5.41) is 0. The van der Waals surface area contributed by atoms with E-state index >= 15 is 0 Å². The van der Waals surface area contributed by atoms with Gasteiger partial charge in [-0.25, -0.2) is 0 Å². The largest absolute Gasteiger partial charge is 0.267 e. The molecule has 0 heterocycles. The predicted molar refractivity (Wildman–Crippen MR) is 215 cm³/mol. The minimum absolute atomic E-state index is 0.695. The van der Waals surface area contributed by atoms with Crippen LogP contribution in [0.5, 0.6) is 0 Å². The summed E-state index contributed by atoms with van der Waals surface area (Å²) in [5.74, 6) is 2.77. The summed E-state index contributed by atoms with van der Waals surface area (Å²) in [5.41, 5.74) is 5.15. The molecule has 6 aliphatic carbocycles. The van der Waals surface area contributed by atoms with Crippen molar-refractivity contribution in [1.29, 1.82) is 0 Å². The molecule has 6 aliphatic rings. The highest BCUT2D eigenvalue weighted by Gasteiger charge is 2.44. The van der Waals surface area contributed by atoms with E-state index in [4.69, 9.17) is 9.74 Å². The molecule has 0 atom stereocenters. The van der Waals surface area contributed by atoms with Crippen molar-refractivity contribution in [1.82, 2.24) is 0 Å². The van der Waals surface area contributed by atoms with E-state index in [-0.39, 0.29) is 0 Å². The Morgan fingerprint density at radius 2 is 0.729 bits per heavy atom. The van der Waals surface area contributed by atoms with E-state index in [0.717, 1.165) is 34.5 Å². The van der Waals surface area contributed by atoms with Crippen molar-refractivity contribution in [3.8, 4) is 0 Å². The molecule has 0 bridgehead atoms. The van der Waals surface area contributed by atoms with E-state index in [1.54, 1.807) is 0 Å². The smallest absolute Gasteiger partial charge is 0.0627 e. The van der Waals surface area contributed by atoms with Gasteiger partial charge in [0, 0.05) is 6.21 Å². The van der Waals surface area contributed by atoms with Gasteiger partial charge < -0.3 is 0 Å². The number of benzene rings is 1. The first-order chi connectivity index (χ1) is 23.6. The fourth-order valence-electron chi connectivity index (χ4n) is 10.5. The van der Waals surface area contributed by atoms with Crippen LogP contribution in [0.2, 0.25) is 0 Å². The molecular formula is C45H77N2P. The van der Waals surface area contributed by atoms with Crippen LogP contribution in [-0.2, 0) is 0 Å². The molecule has 0 spiro atoms. The van der Waals surface area contributed by atoms with Crippen molar-refractivity contribution in [2.45, 2.75) is 223 Å². The van der Waals surface area contributed by atoms with Gasteiger partial charge in [-0.05, 0) is 117 Å². The first kappa shape index (κ1) is 38.4. The van der Waals surface area contributed by atoms with Crippen LogP contribution in [0.25, 0.3) is 0 Å². The number of hydrogen-bond donors (Lipinski definition) is 0. The van der Waals surface area contributed by atoms with Crippen molar-refractivity contribution in [2.75, 3.05) is 0 Å². The Morgan fingerprint density at radius 1 is 0.417 bits per heavy atom. The molecule has 3 heteroatoms. The van der Waals surface area contributed by atoms with Crippen molar-refractivity contribution in [3.63, 3.8) is 0 Å². The van der Waals surface area contributed by atoms with Crippen molar-refractivity contribution < 1.29 is 0 Å². The van der Waals surface area contributed by atoms with Gasteiger partial charge in [0.2, 0.25) is 0 Å². The molecule has 6 saturated carbocycles. The number of rotatable bonds is 6. The number of hydrogen-bond acceptors (Lipinski definition) is 2. The van der Waals surface area contributed by atoms with Gasteiger partial charge in [-0.15, -0.1) is 0 Å². The van der Waals surface area contributed by atoms with Gasteiger partial charge in [-0.3, -0.25) is 9.74 Å². The molecule has 0 aromatic heterocycles. The lowest BCUT2D eigenvalue weighted by Gasteiger charge is -2.48. The van der Waals surface area contributed by atoms with E-state index in [2.05, 4.69) is 44.3 Å². The molecule has 272 valence electrons. The number of aliphatic imine (C=N–C) groups is 1. The lowest BCUT2D eigenvalue weighted by molar-refractivity contribution is 0.385. The summed E-state index contributed by atoms with van der Waals surface area (Å²) in [6.45, 7) is 4.72. The Bertz CT molecular complexity index is 986. The Labute approximate surface area is 299 Å². The van der Waals surface area contributed by atoms with Gasteiger partial charge in [0.1, 0.15) is 0 Å². The van der Waals surface area contributed by atoms with Crippen molar-refractivity contribution in [3.05, 3.63) is 24.3 Å². The van der Waals surface area contributed by atoms with Gasteiger partial charge in [0.25, 0.3) is 0 Å². The van der Waals surface area contributed by atoms with Gasteiger partial charge in [-0.2, -0.15) is 0 Å². The summed E-state index contributed by atoms with van der Waals surface area (Å²) in [7, 11) is -1.41. The molecule has 48 heavy (non-hydrogen) atoms. The Hall–Kier alpha value is -0.880. The van der Waals surface area contributed by atoms with Crippen LogP contribution >= 0.6 is 7.05 Å². The standard InChI is InChI=1S/C31H49N2P.2C7H14/c1-5-13-26(14-6-1)25-32-27-21-23-28(24-22-27)33-34(29-15-7-2-8-16-29,30-17-9-3-10-18-30)31-19-11-4-12-20-31;2*1-7-5-3-2-4-6-7/h21-26,29-31H,1-20H2;2*7H,2-6H2,1H3. The maximum absolute atomic E-state index is 6.01. The zero-order chi connectivity index (χ0) is 33.3. The fraction of sp³-hybridized carbons (Fsp3) is 0.844. The monoisotopic (exact) mass is 677 g/mol. The van der Waals surface area contributed by atoms with E-state index in [9.17, 15) is 0 Å². The maximum atomic E-state index is 6.01. The average Bonchev–Trinajstić information content (AvgIpc) is 3.16. The minimum atomic E-state index is -1.41. The maximum Gasteiger partial charge on any atom is 0.0627 e. The summed E-state index contributed by atoms with van der Waals surface area (Å²) in [6.07, 6.45) is 45.8. The number of nitrogens with zero attached hydrogens (tertiary/aromatic N) is 2. The summed E-state index contributed by atoms with van der Waals surface area (Å²) >= 11 is 0. The lowest BCUT2D eigenvalue weighted by Crippen LogP contribution is -2.31. The molecule has 1 aromatic rings. The van der Waals surface area contributed by atoms with Crippen molar-refractivity contribution in [2.24, 2.45) is 27.5 Å². The highest BCUT2D eigenvalue weighted by Crippen LogP contribution is 2.71. The summed E-state index contributed by atoms with van der Waals surface area (Å²) in [4.78, 5) is 4.88. The molecule has 0 unspecified atom stereocenters. The average molecular weight is 677 g/mol. The van der Waals surface area contributed by atoms with E-state index in [1.165, 1.54) is 198 Å². The molecule has 7 rings (SSSR count). The third-order valence-corrected chi connectivity index (χ3v) is 19.1. The van der Waals surface area contributed by atoms with Gasteiger partial charge in [0.15, 0.2) is 0 Å². The molecular weight excluding hydrogens is 599 g/mol. The third kappa shape index (κ3) is 12.1. The lowest BCUT2D eigenvalue weighted by atomic mass is 9.90. The first-order valence-corrected chi connectivity index (χ1v) is 23.8. The minimum Gasteiger partial charge on any atom is -0.267 e. The molecule has 0 radical (unpaired) electrons. The molecule has 2 nitrogen and oxygen atoms in total. The van der Waals surface area contributed by atoms with Crippen LogP contribution in [-0.4, -0.2) is 23.2 Å². The van der Waals surface area contributed by atoms with Crippen LogP contribution < -0.4 is 0 Å². The van der Waals surface area contributed by atoms with Crippen molar-refractivity contribution >= 4 is 24.6 Å². The van der Waals surface area contributed by atoms with Gasteiger partial charge in [0.05, 0.1) is 11.4 Å². The zero-order valence-electron chi connectivity index (χ0n) is 31.9. The molecule has 6 fully saturated rings. The van der Waals surface area contributed by atoms with Crippen LogP contribution in [0.1, 0.15) is 206 Å². The highest BCUT2D eigenvalue weighted by atomic mass is 31.2. The zero-order valence-corrected chi connectivity index (χ0v) is 32.8. The third-order valence-electron chi connectivity index (χ3n) is 13.5. The van der Waals surface area contributed by atoms with Crippen LogP contribution in [0.4, 0.5) is 11.4 Å². The molecule has 1 aromatic carbocycles. The predicted octanol–water partition coefficient (Wildman–Crippen LogP) is 16.0. The summed E-state index contributed by atoms with van der Waals surface area (Å²) in [6, 6.07) is 9.18. The normalized spacial score (nSPS) is 25.1. The second-order valence-electron chi connectivity index (χ2n) is 17.4. The first-order valence-electron chi connectivity index (χ1n) is 21.9. The summed E-state index contributed by atoms with van der Waals surface area (Å²) < 4.78 is 6.01. The Kier molecular flexibility index (Phi) is 17.2. The van der Waals surface area contributed by atoms with E-state index in [1.807, 2.05) is 0 Å². The molecule has 0 aliphatic heterocycles. The Morgan fingerprint density at radius 3 is 1.06 bits per heavy atom. The quantitative estimate of drug-likeness (QED) is 0.212. The topological polar surface area (TPSA) is 24.7 Å². The second kappa shape index (κ2) is 21.5. The van der Waals surface area contributed by atoms with Gasteiger partial charge in [-0.1, -0.05) is 155 Å². The van der Waals surface area contributed by atoms with Crippen LogP contribution in [0.3, 0.4) is 0 Å². The molecule has 0 saturated heterocycles. The van der Waals surface area contributed by atoms with E-state index < -0.39 is 7.05 Å². The Balaban J connectivity index is 0.000000265. The second-order valence-corrected chi connectivity index (χ2v) is 21.4. The van der Waals surface area contributed by atoms with Crippen LogP contribution in [0, 0.1) is 17.8 Å². The van der Waals surface area contributed by atoms with Crippen LogP contribution in [0.15, 0.2) is 34.0 Å².